The molecule has 0 spiro atoms. The molecule has 0 rings (SSSR count). The lowest BCUT2D eigenvalue weighted by Crippen LogP contribution is -2.34. The maximum atomic E-state index is 10.5. The number of halogens is 1. The Labute approximate surface area is 69.4 Å². The zero-order valence-electron chi connectivity index (χ0n) is 6.51. The number of methoxy groups -OCH3 is 1. The Morgan fingerprint density at radius 2 is 1.82 bits per heavy atom. The van der Waals surface area contributed by atoms with Crippen molar-refractivity contribution in [3.05, 3.63) is 0 Å². The van der Waals surface area contributed by atoms with Gasteiger partial charge in [-0.3, -0.25) is 4.79 Å². The lowest BCUT2D eigenvalue weighted by Gasteiger charge is -2.18. The average Bonchev–Trinajstić information content (AvgIpc) is 1.86. The zero-order chi connectivity index (χ0) is 9.07. The molecule has 0 bridgehead atoms. The molecular formula is C6H9ClO4. The predicted octanol–water partition coefficient (Wildman–Crippen LogP) is 1.31. The fourth-order valence-corrected chi connectivity index (χ4v) is 0.329. The Morgan fingerprint density at radius 1 is 1.36 bits per heavy atom. The molecule has 0 N–H and O–H groups in total. The van der Waals surface area contributed by atoms with Crippen molar-refractivity contribution in [3.8, 4) is 0 Å². The lowest BCUT2D eigenvalue weighted by molar-refractivity contribution is -0.127. The minimum Gasteiger partial charge on any atom is -0.438 e. The van der Waals surface area contributed by atoms with Gasteiger partial charge < -0.3 is 9.47 Å². The van der Waals surface area contributed by atoms with Crippen molar-refractivity contribution >= 4 is 23.0 Å². The number of ether oxygens (including phenoxy) is 2. The van der Waals surface area contributed by atoms with Crippen LogP contribution in [0.15, 0.2) is 0 Å². The molecule has 0 aromatic carbocycles. The first kappa shape index (κ1) is 10.2. The summed E-state index contributed by atoms with van der Waals surface area (Å²) < 4.78 is 8.67. The van der Waals surface area contributed by atoms with E-state index in [1.807, 2.05) is 0 Å². The molecule has 0 amide bonds. The molecule has 0 aliphatic carbocycles. The molecule has 0 fully saturated rings. The smallest absolute Gasteiger partial charge is 0.438 e. The summed E-state index contributed by atoms with van der Waals surface area (Å²) in [6.07, 6.45) is -0.927. The largest absolute Gasteiger partial charge is 0.509 e. The summed E-state index contributed by atoms with van der Waals surface area (Å²) in [6, 6.07) is 0. The van der Waals surface area contributed by atoms with E-state index in [-0.39, 0.29) is 0 Å². The Hall–Kier alpha value is -0.770. The van der Waals surface area contributed by atoms with Crippen LogP contribution in [0.1, 0.15) is 13.8 Å². The average molecular weight is 181 g/mol. The molecule has 11 heavy (non-hydrogen) atoms. The van der Waals surface area contributed by atoms with Crippen LogP contribution in [0.3, 0.4) is 0 Å². The van der Waals surface area contributed by atoms with Gasteiger partial charge in [0.2, 0.25) is 0 Å². The van der Waals surface area contributed by atoms with Crippen LogP contribution in [0.25, 0.3) is 0 Å². The fraction of sp³-hybridized carbons (Fsp3) is 0.667. The van der Waals surface area contributed by atoms with Crippen molar-refractivity contribution in [1.29, 1.82) is 0 Å². The summed E-state index contributed by atoms with van der Waals surface area (Å²) in [6.45, 7) is 2.75. The number of carbonyl (C=O) groups is 2. The van der Waals surface area contributed by atoms with E-state index in [2.05, 4.69) is 9.47 Å². The molecule has 0 aliphatic rings. The molecule has 0 saturated heterocycles. The van der Waals surface area contributed by atoms with Crippen molar-refractivity contribution < 1.29 is 19.1 Å². The summed E-state index contributed by atoms with van der Waals surface area (Å²) in [5.74, 6) is 0. The second kappa shape index (κ2) is 3.57. The third-order valence-corrected chi connectivity index (χ3v) is 1.43. The summed E-state index contributed by atoms with van der Waals surface area (Å²) >= 11 is 5.10. The van der Waals surface area contributed by atoms with Gasteiger partial charge in [0, 0.05) is 0 Å². The summed E-state index contributed by atoms with van der Waals surface area (Å²) in [7, 11) is 1.15. The van der Waals surface area contributed by atoms with E-state index in [0.717, 1.165) is 7.11 Å². The topological polar surface area (TPSA) is 52.6 Å². The maximum Gasteiger partial charge on any atom is 0.509 e. The van der Waals surface area contributed by atoms with Crippen molar-refractivity contribution in [2.24, 2.45) is 0 Å². The van der Waals surface area contributed by atoms with Crippen molar-refractivity contribution in [2.45, 2.75) is 19.4 Å². The van der Waals surface area contributed by atoms with Gasteiger partial charge in [-0.25, -0.2) is 4.79 Å². The summed E-state index contributed by atoms with van der Waals surface area (Å²) in [5.41, 5.74) is -1.32. The van der Waals surface area contributed by atoms with E-state index in [4.69, 9.17) is 11.6 Å². The standard InChI is InChI=1S/C6H9ClO4/c1-6(2,4(7)8)11-5(9)10-3/h1-3H3. The quantitative estimate of drug-likeness (QED) is 0.475. The predicted molar refractivity (Wildman–Crippen MR) is 38.4 cm³/mol. The van der Waals surface area contributed by atoms with Gasteiger partial charge in [-0.05, 0) is 25.4 Å². The van der Waals surface area contributed by atoms with Gasteiger partial charge in [-0.1, -0.05) is 0 Å². The molecule has 0 aliphatic heterocycles. The van der Waals surface area contributed by atoms with E-state index in [0.29, 0.717) is 0 Å². The highest BCUT2D eigenvalue weighted by atomic mass is 35.5. The molecule has 0 aromatic rings. The van der Waals surface area contributed by atoms with Crippen LogP contribution in [0.5, 0.6) is 0 Å². The van der Waals surface area contributed by atoms with Gasteiger partial charge in [0.25, 0.3) is 5.24 Å². The van der Waals surface area contributed by atoms with Gasteiger partial charge in [-0.15, -0.1) is 0 Å². The molecule has 64 valence electrons. The highest BCUT2D eigenvalue weighted by Crippen LogP contribution is 2.13. The van der Waals surface area contributed by atoms with Gasteiger partial charge in [0.15, 0.2) is 5.60 Å². The van der Waals surface area contributed by atoms with Crippen LogP contribution in [-0.2, 0) is 14.3 Å². The highest BCUT2D eigenvalue weighted by Gasteiger charge is 2.30. The Bertz CT molecular complexity index is 175. The Morgan fingerprint density at radius 3 is 2.09 bits per heavy atom. The Balaban J connectivity index is 4.12. The summed E-state index contributed by atoms with van der Waals surface area (Å²) in [5, 5.41) is -0.747. The maximum absolute atomic E-state index is 10.5. The number of hydrogen-bond donors (Lipinski definition) is 0. The lowest BCUT2D eigenvalue weighted by atomic mass is 10.2. The molecule has 5 heteroatoms. The van der Waals surface area contributed by atoms with Crippen molar-refractivity contribution in [2.75, 3.05) is 7.11 Å². The molecule has 0 saturated carbocycles. The van der Waals surface area contributed by atoms with E-state index < -0.39 is 17.0 Å². The van der Waals surface area contributed by atoms with Crippen LogP contribution in [0.2, 0.25) is 0 Å². The number of carbonyl (C=O) groups excluding carboxylic acids is 2. The van der Waals surface area contributed by atoms with Crippen LogP contribution in [0.4, 0.5) is 4.79 Å². The summed E-state index contributed by atoms with van der Waals surface area (Å²) in [4.78, 5) is 21.0. The second-order valence-corrected chi connectivity index (χ2v) is 2.68. The molecule has 0 aromatic heterocycles. The van der Waals surface area contributed by atoms with Crippen LogP contribution in [0, 0.1) is 0 Å². The molecule has 0 heterocycles. The highest BCUT2D eigenvalue weighted by molar-refractivity contribution is 6.65. The van der Waals surface area contributed by atoms with Crippen LogP contribution in [-0.4, -0.2) is 24.1 Å². The first-order chi connectivity index (χ1) is 4.90. The van der Waals surface area contributed by atoms with Crippen LogP contribution >= 0.6 is 11.6 Å². The fourth-order valence-electron chi connectivity index (χ4n) is 0.290. The van der Waals surface area contributed by atoms with Gasteiger partial charge in [0.1, 0.15) is 0 Å². The molecule has 0 unspecified atom stereocenters. The van der Waals surface area contributed by atoms with E-state index in [9.17, 15) is 9.59 Å². The first-order valence-corrected chi connectivity index (χ1v) is 3.25. The van der Waals surface area contributed by atoms with E-state index >= 15 is 0 Å². The van der Waals surface area contributed by atoms with Crippen molar-refractivity contribution in [3.63, 3.8) is 0 Å². The van der Waals surface area contributed by atoms with Gasteiger partial charge in [-0.2, -0.15) is 0 Å². The van der Waals surface area contributed by atoms with Crippen LogP contribution < -0.4 is 0 Å². The van der Waals surface area contributed by atoms with E-state index in [1.54, 1.807) is 0 Å². The molecule has 0 atom stereocenters. The molecule has 4 nitrogen and oxygen atoms in total. The molecule has 0 radical (unpaired) electrons. The monoisotopic (exact) mass is 180 g/mol. The SMILES string of the molecule is COC(=O)OC(C)(C)C(=O)Cl. The first-order valence-electron chi connectivity index (χ1n) is 2.87. The zero-order valence-corrected chi connectivity index (χ0v) is 7.27. The van der Waals surface area contributed by atoms with Gasteiger partial charge in [0.05, 0.1) is 7.11 Å². The van der Waals surface area contributed by atoms with Gasteiger partial charge >= 0.3 is 6.16 Å². The third kappa shape index (κ3) is 3.23. The van der Waals surface area contributed by atoms with E-state index in [1.165, 1.54) is 13.8 Å². The normalized spacial score (nSPS) is 10.5. The number of hydrogen-bond acceptors (Lipinski definition) is 4. The minimum absolute atomic E-state index is 0.747. The third-order valence-electron chi connectivity index (χ3n) is 0.979. The van der Waals surface area contributed by atoms with Crippen molar-refractivity contribution in [1.82, 2.24) is 0 Å². The molecular weight excluding hydrogens is 172 g/mol. The minimum atomic E-state index is -1.32. The Kier molecular flexibility index (Phi) is 3.32. The second-order valence-electron chi connectivity index (χ2n) is 2.34. The number of rotatable bonds is 2.